The number of benzene rings is 1. The van der Waals surface area contributed by atoms with Gasteiger partial charge in [0.05, 0.1) is 10.9 Å². The van der Waals surface area contributed by atoms with Crippen LogP contribution in [0.5, 0.6) is 0 Å². The van der Waals surface area contributed by atoms with Crippen LogP contribution in [0.1, 0.15) is 19.4 Å². The number of sulfonamides is 1. The van der Waals surface area contributed by atoms with Gasteiger partial charge in [0.25, 0.3) is 0 Å². The van der Waals surface area contributed by atoms with Gasteiger partial charge in [0.1, 0.15) is 0 Å². The molecule has 19 heavy (non-hydrogen) atoms. The van der Waals surface area contributed by atoms with Gasteiger partial charge in [-0.3, -0.25) is 4.79 Å². The Morgan fingerprint density at radius 1 is 1.26 bits per heavy atom. The molecule has 1 amide bonds. The van der Waals surface area contributed by atoms with Gasteiger partial charge in [-0.1, -0.05) is 13.8 Å². The number of hydrogen-bond acceptors (Lipinski definition) is 4. The highest BCUT2D eigenvalue weighted by molar-refractivity contribution is 7.89. The van der Waals surface area contributed by atoms with Crippen LogP contribution in [0.2, 0.25) is 0 Å². The lowest BCUT2D eigenvalue weighted by Gasteiger charge is -2.16. The molecular weight excluding hydrogens is 266 g/mol. The fraction of sp³-hybridized carbons (Fsp3) is 0.417. The summed E-state index contributed by atoms with van der Waals surface area (Å²) in [4.78, 5) is 11.8. The van der Waals surface area contributed by atoms with Gasteiger partial charge in [-0.15, -0.1) is 0 Å². The van der Waals surface area contributed by atoms with Gasteiger partial charge in [-0.05, 0) is 36.6 Å². The van der Waals surface area contributed by atoms with E-state index in [1.54, 1.807) is 13.0 Å². The number of nitrogens with two attached hydrogens (primary N) is 2. The standard InChI is InChI=1S/C12H19N3O3S/c1-7(2)11(13)12(16)15-9-4-8(3)5-10(6-9)19(14,17)18/h4-7,11H,13H2,1-3H3,(H,15,16)(H2,14,17,18)/t11-/m1/s1. The summed E-state index contributed by atoms with van der Waals surface area (Å²) in [6.07, 6.45) is 0. The van der Waals surface area contributed by atoms with Crippen LogP contribution in [0.3, 0.4) is 0 Å². The summed E-state index contributed by atoms with van der Waals surface area (Å²) in [5.41, 5.74) is 6.76. The molecule has 0 aliphatic carbocycles. The molecule has 106 valence electrons. The molecule has 1 atom stereocenters. The van der Waals surface area contributed by atoms with Crippen molar-refractivity contribution >= 4 is 21.6 Å². The second-order valence-electron chi connectivity index (χ2n) is 4.84. The van der Waals surface area contributed by atoms with E-state index < -0.39 is 16.1 Å². The van der Waals surface area contributed by atoms with Gasteiger partial charge in [-0.25, -0.2) is 13.6 Å². The lowest BCUT2D eigenvalue weighted by Crippen LogP contribution is -2.39. The molecule has 1 aromatic rings. The molecule has 1 rings (SSSR count). The predicted octanol–water partition coefficient (Wildman–Crippen LogP) is 0.564. The Hall–Kier alpha value is -1.44. The van der Waals surface area contributed by atoms with Crippen molar-refractivity contribution < 1.29 is 13.2 Å². The maximum absolute atomic E-state index is 11.8. The molecule has 5 N–H and O–H groups in total. The molecule has 0 radical (unpaired) electrons. The first-order valence-electron chi connectivity index (χ1n) is 5.82. The summed E-state index contributed by atoms with van der Waals surface area (Å²) in [5.74, 6) is -0.372. The van der Waals surface area contributed by atoms with E-state index in [0.717, 1.165) is 0 Å². The van der Waals surface area contributed by atoms with Crippen molar-refractivity contribution in [2.24, 2.45) is 16.8 Å². The maximum atomic E-state index is 11.8. The normalized spacial score (nSPS) is 13.4. The maximum Gasteiger partial charge on any atom is 0.241 e. The summed E-state index contributed by atoms with van der Waals surface area (Å²) in [5, 5.41) is 7.66. The van der Waals surface area contributed by atoms with Crippen molar-refractivity contribution in [3.8, 4) is 0 Å². The zero-order valence-electron chi connectivity index (χ0n) is 11.2. The highest BCUT2D eigenvalue weighted by atomic mass is 32.2. The van der Waals surface area contributed by atoms with E-state index in [1.165, 1.54) is 12.1 Å². The number of carbonyl (C=O) groups excluding carboxylic acids is 1. The minimum atomic E-state index is -3.80. The third-order valence-electron chi connectivity index (χ3n) is 2.67. The van der Waals surface area contributed by atoms with E-state index in [9.17, 15) is 13.2 Å². The van der Waals surface area contributed by atoms with E-state index in [2.05, 4.69) is 5.32 Å². The Morgan fingerprint density at radius 2 is 1.84 bits per heavy atom. The number of primary sulfonamides is 1. The van der Waals surface area contributed by atoms with Crippen molar-refractivity contribution in [1.29, 1.82) is 0 Å². The Labute approximate surface area is 113 Å². The SMILES string of the molecule is Cc1cc(NC(=O)[C@H](N)C(C)C)cc(S(N)(=O)=O)c1. The Morgan fingerprint density at radius 3 is 2.32 bits per heavy atom. The van der Waals surface area contributed by atoms with Crippen LogP contribution in [-0.2, 0) is 14.8 Å². The first kappa shape index (κ1) is 15.6. The summed E-state index contributed by atoms with van der Waals surface area (Å²) in [6, 6.07) is 3.75. The second-order valence-corrected chi connectivity index (χ2v) is 6.40. The third-order valence-corrected chi connectivity index (χ3v) is 3.56. The van der Waals surface area contributed by atoms with Gasteiger partial charge >= 0.3 is 0 Å². The van der Waals surface area contributed by atoms with Crippen LogP contribution in [0.4, 0.5) is 5.69 Å². The molecule has 0 saturated carbocycles. The van der Waals surface area contributed by atoms with E-state index in [0.29, 0.717) is 11.3 Å². The van der Waals surface area contributed by atoms with Crippen LogP contribution in [0.15, 0.2) is 23.1 Å². The van der Waals surface area contributed by atoms with E-state index >= 15 is 0 Å². The Kier molecular flexibility index (Phi) is 4.67. The van der Waals surface area contributed by atoms with E-state index in [1.807, 2.05) is 13.8 Å². The molecule has 0 bridgehead atoms. The second kappa shape index (κ2) is 5.68. The fourth-order valence-corrected chi connectivity index (χ4v) is 2.15. The molecule has 6 nitrogen and oxygen atoms in total. The summed E-state index contributed by atoms with van der Waals surface area (Å²) in [7, 11) is -3.80. The van der Waals surface area contributed by atoms with Gasteiger partial charge in [0.15, 0.2) is 0 Å². The number of carbonyl (C=O) groups is 1. The molecule has 0 aromatic heterocycles. The van der Waals surface area contributed by atoms with Crippen molar-refractivity contribution in [2.75, 3.05) is 5.32 Å². The van der Waals surface area contributed by atoms with Crippen molar-refractivity contribution in [3.63, 3.8) is 0 Å². The van der Waals surface area contributed by atoms with Crippen LogP contribution in [0, 0.1) is 12.8 Å². The molecular formula is C12H19N3O3S. The largest absolute Gasteiger partial charge is 0.325 e. The van der Waals surface area contributed by atoms with Gasteiger partial charge < -0.3 is 11.1 Å². The monoisotopic (exact) mass is 285 g/mol. The van der Waals surface area contributed by atoms with Gasteiger partial charge in [-0.2, -0.15) is 0 Å². The molecule has 0 saturated heterocycles. The molecule has 1 aromatic carbocycles. The Bertz CT molecular complexity index is 582. The van der Waals surface area contributed by atoms with E-state index in [-0.39, 0.29) is 16.7 Å². The first-order chi connectivity index (χ1) is 8.61. The lowest BCUT2D eigenvalue weighted by atomic mass is 10.0. The minimum absolute atomic E-state index is 0.0116. The zero-order valence-corrected chi connectivity index (χ0v) is 12.0. The number of rotatable bonds is 4. The van der Waals surface area contributed by atoms with Gasteiger partial charge in [0.2, 0.25) is 15.9 Å². The topological polar surface area (TPSA) is 115 Å². The van der Waals surface area contributed by atoms with Crippen LogP contribution >= 0.6 is 0 Å². The zero-order chi connectivity index (χ0) is 14.8. The number of nitrogens with one attached hydrogen (secondary N) is 1. The van der Waals surface area contributed by atoms with Crippen molar-refractivity contribution in [1.82, 2.24) is 0 Å². The molecule has 0 aliphatic rings. The van der Waals surface area contributed by atoms with Crippen LogP contribution in [0.25, 0.3) is 0 Å². The minimum Gasteiger partial charge on any atom is -0.325 e. The number of hydrogen-bond donors (Lipinski definition) is 3. The average Bonchev–Trinajstić information content (AvgIpc) is 2.25. The average molecular weight is 285 g/mol. The molecule has 7 heteroatoms. The highest BCUT2D eigenvalue weighted by Crippen LogP contribution is 2.18. The third kappa shape index (κ3) is 4.30. The number of amides is 1. The van der Waals surface area contributed by atoms with E-state index in [4.69, 9.17) is 10.9 Å². The van der Waals surface area contributed by atoms with Gasteiger partial charge in [0, 0.05) is 5.69 Å². The molecule has 0 heterocycles. The lowest BCUT2D eigenvalue weighted by molar-refractivity contribution is -0.118. The summed E-state index contributed by atoms with van der Waals surface area (Å²) in [6.45, 7) is 5.37. The quantitative estimate of drug-likeness (QED) is 0.749. The molecule has 0 fully saturated rings. The molecule has 0 aliphatic heterocycles. The number of anilines is 1. The summed E-state index contributed by atoms with van der Waals surface area (Å²) < 4.78 is 22.6. The van der Waals surface area contributed by atoms with Crippen LogP contribution < -0.4 is 16.2 Å². The number of aryl methyl sites for hydroxylation is 1. The van der Waals surface area contributed by atoms with Crippen LogP contribution in [-0.4, -0.2) is 20.4 Å². The highest BCUT2D eigenvalue weighted by Gasteiger charge is 2.18. The molecule has 0 unspecified atom stereocenters. The first-order valence-corrected chi connectivity index (χ1v) is 7.37. The Balaban J connectivity index is 3.03. The smallest absolute Gasteiger partial charge is 0.241 e. The predicted molar refractivity (Wildman–Crippen MR) is 74.0 cm³/mol. The van der Waals surface area contributed by atoms with Crippen molar-refractivity contribution in [2.45, 2.75) is 31.7 Å². The molecule has 0 spiro atoms. The van der Waals surface area contributed by atoms with Crippen molar-refractivity contribution in [3.05, 3.63) is 23.8 Å². The fourth-order valence-electron chi connectivity index (χ4n) is 1.51. The summed E-state index contributed by atoms with van der Waals surface area (Å²) >= 11 is 0.